The van der Waals surface area contributed by atoms with Gasteiger partial charge in [0.2, 0.25) is 5.91 Å². The Morgan fingerprint density at radius 3 is 2.59 bits per heavy atom. The SMILES string of the molecule is CCOc1ccccc1N(CC(=O)NCCCn1ccnc1)S(=O)(=O)c1ccc(C)cc1. The second-order valence-electron chi connectivity index (χ2n) is 7.23. The molecule has 0 radical (unpaired) electrons. The average molecular weight is 457 g/mol. The maximum Gasteiger partial charge on any atom is 0.264 e. The van der Waals surface area contributed by atoms with Crippen molar-refractivity contribution in [1.82, 2.24) is 14.9 Å². The van der Waals surface area contributed by atoms with Gasteiger partial charge in [0.1, 0.15) is 12.3 Å². The fourth-order valence-electron chi connectivity index (χ4n) is 3.17. The molecule has 32 heavy (non-hydrogen) atoms. The zero-order valence-electron chi connectivity index (χ0n) is 18.3. The third kappa shape index (κ3) is 5.88. The van der Waals surface area contributed by atoms with Crippen LogP contribution in [0.5, 0.6) is 5.75 Å². The van der Waals surface area contributed by atoms with Gasteiger partial charge in [0, 0.05) is 25.5 Å². The number of ether oxygens (including phenoxy) is 1. The van der Waals surface area contributed by atoms with Crippen molar-refractivity contribution in [1.29, 1.82) is 0 Å². The van der Waals surface area contributed by atoms with Crippen molar-refractivity contribution in [3.05, 3.63) is 72.8 Å². The number of hydrogen-bond donors (Lipinski definition) is 1. The second kappa shape index (κ2) is 10.8. The Morgan fingerprint density at radius 2 is 1.91 bits per heavy atom. The molecule has 1 N–H and O–H groups in total. The number of benzene rings is 2. The van der Waals surface area contributed by atoms with Crippen LogP contribution < -0.4 is 14.4 Å². The molecule has 1 aromatic heterocycles. The fraction of sp³-hybridized carbons (Fsp3) is 0.304. The number of anilines is 1. The molecule has 3 aromatic rings. The van der Waals surface area contributed by atoms with Crippen LogP contribution in [-0.4, -0.2) is 43.6 Å². The highest BCUT2D eigenvalue weighted by molar-refractivity contribution is 7.92. The number of carbonyl (C=O) groups is 1. The number of nitrogens with one attached hydrogen (secondary N) is 1. The lowest BCUT2D eigenvalue weighted by atomic mass is 10.2. The van der Waals surface area contributed by atoms with Gasteiger partial charge in [0.05, 0.1) is 23.5 Å². The summed E-state index contributed by atoms with van der Waals surface area (Å²) in [5.41, 5.74) is 1.27. The van der Waals surface area contributed by atoms with Crippen LogP contribution in [0.1, 0.15) is 18.9 Å². The zero-order chi connectivity index (χ0) is 23.0. The van der Waals surface area contributed by atoms with Gasteiger partial charge in [-0.25, -0.2) is 13.4 Å². The number of amides is 1. The van der Waals surface area contributed by atoms with Gasteiger partial charge in [-0.15, -0.1) is 0 Å². The lowest BCUT2D eigenvalue weighted by Crippen LogP contribution is -2.41. The lowest BCUT2D eigenvalue weighted by molar-refractivity contribution is -0.119. The number of imidazole rings is 1. The van der Waals surface area contributed by atoms with E-state index in [-0.39, 0.29) is 11.4 Å². The molecule has 0 spiro atoms. The summed E-state index contributed by atoms with van der Waals surface area (Å²) in [6.07, 6.45) is 5.95. The largest absolute Gasteiger partial charge is 0.492 e. The van der Waals surface area contributed by atoms with Gasteiger partial charge in [-0.1, -0.05) is 29.8 Å². The van der Waals surface area contributed by atoms with Gasteiger partial charge < -0.3 is 14.6 Å². The van der Waals surface area contributed by atoms with Crippen LogP contribution in [0.15, 0.2) is 72.1 Å². The molecular formula is C23H28N4O4S. The first-order valence-corrected chi connectivity index (χ1v) is 11.9. The highest BCUT2D eigenvalue weighted by Crippen LogP contribution is 2.32. The molecule has 9 heteroatoms. The van der Waals surface area contributed by atoms with Crippen molar-refractivity contribution in [2.75, 3.05) is 24.0 Å². The van der Waals surface area contributed by atoms with Gasteiger partial charge in [-0.2, -0.15) is 0 Å². The summed E-state index contributed by atoms with van der Waals surface area (Å²) in [5, 5.41) is 2.81. The van der Waals surface area contributed by atoms with E-state index in [1.165, 1.54) is 0 Å². The first kappa shape index (κ1) is 23.3. The van der Waals surface area contributed by atoms with Crippen molar-refractivity contribution < 1.29 is 17.9 Å². The minimum Gasteiger partial charge on any atom is -0.492 e. The normalized spacial score (nSPS) is 11.2. The summed E-state index contributed by atoms with van der Waals surface area (Å²) >= 11 is 0. The number of hydrogen-bond acceptors (Lipinski definition) is 5. The molecule has 0 atom stereocenters. The molecule has 0 aliphatic carbocycles. The second-order valence-corrected chi connectivity index (χ2v) is 9.09. The maximum atomic E-state index is 13.5. The molecule has 0 aliphatic heterocycles. The van der Waals surface area contributed by atoms with Gasteiger partial charge in [0.25, 0.3) is 10.0 Å². The molecule has 2 aromatic carbocycles. The van der Waals surface area contributed by atoms with E-state index in [9.17, 15) is 13.2 Å². The number of nitrogens with zero attached hydrogens (tertiary/aromatic N) is 3. The van der Waals surface area contributed by atoms with Gasteiger partial charge in [0.15, 0.2) is 0 Å². The number of para-hydroxylation sites is 2. The third-order valence-electron chi connectivity index (χ3n) is 4.80. The Hall–Kier alpha value is -3.33. The van der Waals surface area contributed by atoms with E-state index in [2.05, 4.69) is 10.3 Å². The summed E-state index contributed by atoms with van der Waals surface area (Å²) in [4.78, 5) is 16.8. The van der Waals surface area contributed by atoms with E-state index in [1.54, 1.807) is 61.1 Å². The van der Waals surface area contributed by atoms with E-state index in [1.807, 2.05) is 24.6 Å². The maximum absolute atomic E-state index is 13.5. The van der Waals surface area contributed by atoms with Crippen molar-refractivity contribution in [2.45, 2.75) is 31.7 Å². The quantitative estimate of drug-likeness (QED) is 0.448. The smallest absolute Gasteiger partial charge is 0.264 e. The fourth-order valence-corrected chi connectivity index (χ4v) is 4.60. The molecular weight excluding hydrogens is 428 g/mol. The molecule has 0 fully saturated rings. The first-order valence-electron chi connectivity index (χ1n) is 10.5. The van der Waals surface area contributed by atoms with E-state index >= 15 is 0 Å². The first-order chi connectivity index (χ1) is 15.4. The number of sulfonamides is 1. The number of aromatic nitrogens is 2. The topological polar surface area (TPSA) is 93.5 Å². The molecule has 3 rings (SSSR count). The molecule has 1 amide bonds. The van der Waals surface area contributed by atoms with E-state index in [0.717, 1.165) is 9.87 Å². The van der Waals surface area contributed by atoms with E-state index in [0.29, 0.717) is 37.6 Å². The van der Waals surface area contributed by atoms with E-state index < -0.39 is 15.9 Å². The summed E-state index contributed by atoms with van der Waals surface area (Å²) in [6, 6.07) is 13.4. The van der Waals surface area contributed by atoms with E-state index in [4.69, 9.17) is 4.74 Å². The Labute approximate surface area is 188 Å². The molecule has 0 bridgehead atoms. The zero-order valence-corrected chi connectivity index (χ0v) is 19.1. The van der Waals surface area contributed by atoms with Gasteiger partial charge >= 0.3 is 0 Å². The van der Waals surface area contributed by atoms with Crippen LogP contribution in [0.2, 0.25) is 0 Å². The predicted molar refractivity (Wildman–Crippen MR) is 123 cm³/mol. The molecule has 0 aliphatic rings. The van der Waals surface area contributed by atoms with Crippen LogP contribution >= 0.6 is 0 Å². The molecule has 8 nitrogen and oxygen atoms in total. The number of carbonyl (C=O) groups excluding carboxylic acids is 1. The predicted octanol–water partition coefficient (Wildman–Crippen LogP) is 2.99. The van der Waals surface area contributed by atoms with Crippen LogP contribution in [-0.2, 0) is 21.4 Å². The molecule has 0 saturated carbocycles. The van der Waals surface area contributed by atoms with Crippen molar-refractivity contribution >= 4 is 21.6 Å². The Kier molecular flexibility index (Phi) is 7.88. The standard InChI is InChI=1S/C23H28N4O4S/c1-3-31-22-8-5-4-7-21(22)27(32(29,30)20-11-9-19(2)10-12-20)17-23(28)25-13-6-15-26-16-14-24-18-26/h4-5,7-12,14,16,18H,3,6,13,15,17H2,1-2H3,(H,25,28). The summed E-state index contributed by atoms with van der Waals surface area (Å²) < 4.78 is 35.7. The van der Waals surface area contributed by atoms with Crippen LogP contribution in [0.25, 0.3) is 0 Å². The molecule has 1 heterocycles. The Morgan fingerprint density at radius 1 is 1.16 bits per heavy atom. The summed E-state index contributed by atoms with van der Waals surface area (Å²) in [5.74, 6) is 0.0104. The third-order valence-corrected chi connectivity index (χ3v) is 6.58. The molecule has 0 saturated heterocycles. The molecule has 0 unspecified atom stereocenters. The lowest BCUT2D eigenvalue weighted by Gasteiger charge is -2.26. The highest BCUT2D eigenvalue weighted by Gasteiger charge is 2.29. The number of aryl methyl sites for hydroxylation is 2. The summed E-state index contributed by atoms with van der Waals surface area (Å²) in [7, 11) is -3.99. The average Bonchev–Trinajstić information content (AvgIpc) is 3.30. The minimum absolute atomic E-state index is 0.113. The van der Waals surface area contributed by atoms with Gasteiger partial charge in [-0.05, 0) is 44.5 Å². The minimum atomic E-state index is -3.99. The van der Waals surface area contributed by atoms with Gasteiger partial charge in [-0.3, -0.25) is 9.10 Å². The highest BCUT2D eigenvalue weighted by atomic mass is 32.2. The number of rotatable bonds is 11. The van der Waals surface area contributed by atoms with Crippen LogP contribution in [0, 0.1) is 6.92 Å². The Bertz CT molecular complexity index is 1110. The van der Waals surface area contributed by atoms with Crippen molar-refractivity contribution in [3.63, 3.8) is 0 Å². The Balaban J connectivity index is 1.80. The summed E-state index contributed by atoms with van der Waals surface area (Å²) in [6.45, 7) is 4.85. The monoisotopic (exact) mass is 456 g/mol. The van der Waals surface area contributed by atoms with Crippen molar-refractivity contribution in [3.8, 4) is 5.75 Å². The van der Waals surface area contributed by atoms with Crippen LogP contribution in [0.3, 0.4) is 0 Å². The van der Waals surface area contributed by atoms with Crippen molar-refractivity contribution in [2.24, 2.45) is 0 Å². The molecule has 170 valence electrons. The van der Waals surface area contributed by atoms with Crippen LogP contribution in [0.4, 0.5) is 5.69 Å².